The highest BCUT2D eigenvalue weighted by Gasteiger charge is 2.08. The first-order valence-electron chi connectivity index (χ1n) is 5.18. The van der Waals surface area contributed by atoms with Crippen LogP contribution in [0.3, 0.4) is 0 Å². The third kappa shape index (κ3) is 2.94. The zero-order valence-corrected chi connectivity index (χ0v) is 10.9. The highest BCUT2D eigenvalue weighted by molar-refractivity contribution is 7.98. The fourth-order valence-corrected chi connectivity index (χ4v) is 2.57. The van der Waals surface area contributed by atoms with E-state index in [1.807, 2.05) is 0 Å². The van der Waals surface area contributed by atoms with Gasteiger partial charge in [-0.25, -0.2) is 8.78 Å². The summed E-state index contributed by atoms with van der Waals surface area (Å²) >= 11 is 7.25. The first-order chi connectivity index (χ1) is 8.58. The minimum absolute atomic E-state index is 0.327. The summed E-state index contributed by atoms with van der Waals surface area (Å²) in [5, 5.41) is 0.458. The first kappa shape index (κ1) is 13.2. The summed E-state index contributed by atoms with van der Waals surface area (Å²) in [5.74, 6) is -1.29. The number of halogens is 3. The lowest BCUT2D eigenvalue weighted by Crippen LogP contribution is -1.92. The van der Waals surface area contributed by atoms with Crippen molar-refractivity contribution in [3.8, 4) is 0 Å². The van der Waals surface area contributed by atoms with Crippen LogP contribution in [0.4, 0.5) is 14.5 Å². The van der Waals surface area contributed by atoms with Crippen molar-refractivity contribution >= 4 is 29.1 Å². The molecule has 0 spiro atoms. The van der Waals surface area contributed by atoms with E-state index in [4.69, 9.17) is 17.3 Å². The monoisotopic (exact) mass is 285 g/mol. The van der Waals surface area contributed by atoms with Gasteiger partial charge >= 0.3 is 0 Å². The van der Waals surface area contributed by atoms with Gasteiger partial charge in [-0.1, -0.05) is 23.7 Å². The van der Waals surface area contributed by atoms with Crippen LogP contribution in [0.2, 0.25) is 5.02 Å². The molecule has 0 saturated heterocycles. The van der Waals surface area contributed by atoms with E-state index in [0.29, 0.717) is 22.0 Å². The number of nitrogens with two attached hydrogens (primary N) is 1. The quantitative estimate of drug-likeness (QED) is 0.664. The van der Waals surface area contributed by atoms with Gasteiger partial charge in [-0.15, -0.1) is 11.8 Å². The minimum Gasteiger partial charge on any atom is -0.398 e. The van der Waals surface area contributed by atoms with Gasteiger partial charge in [-0.05, 0) is 24.3 Å². The normalized spacial score (nSPS) is 10.6. The molecule has 0 aliphatic heterocycles. The number of hydrogen-bond acceptors (Lipinski definition) is 2. The Morgan fingerprint density at radius 2 is 1.94 bits per heavy atom. The van der Waals surface area contributed by atoms with Crippen LogP contribution in [0, 0.1) is 11.6 Å². The lowest BCUT2D eigenvalue weighted by atomic mass is 10.2. The summed E-state index contributed by atoms with van der Waals surface area (Å²) < 4.78 is 26.4. The molecule has 0 heterocycles. The number of rotatable bonds is 3. The summed E-state index contributed by atoms with van der Waals surface area (Å²) in [5.41, 5.74) is 6.41. The molecule has 0 amide bonds. The Balaban J connectivity index is 2.11. The molecule has 0 radical (unpaired) electrons. The van der Waals surface area contributed by atoms with Crippen molar-refractivity contribution in [1.82, 2.24) is 0 Å². The fraction of sp³-hybridized carbons (Fsp3) is 0.0769. The Labute approximate surface area is 113 Å². The molecule has 0 aliphatic rings. The van der Waals surface area contributed by atoms with E-state index >= 15 is 0 Å². The second-order valence-electron chi connectivity index (χ2n) is 3.68. The van der Waals surface area contributed by atoms with Crippen LogP contribution < -0.4 is 5.73 Å². The van der Waals surface area contributed by atoms with E-state index < -0.39 is 11.6 Å². The van der Waals surface area contributed by atoms with Crippen LogP contribution >= 0.6 is 23.4 Å². The Hall–Kier alpha value is -1.26. The minimum atomic E-state index is -0.830. The molecule has 2 aromatic rings. The molecule has 5 heteroatoms. The average molecular weight is 286 g/mol. The van der Waals surface area contributed by atoms with E-state index in [2.05, 4.69) is 0 Å². The topological polar surface area (TPSA) is 26.0 Å². The van der Waals surface area contributed by atoms with Gasteiger partial charge in [0.1, 0.15) is 0 Å². The van der Waals surface area contributed by atoms with Crippen LogP contribution in [0.15, 0.2) is 41.3 Å². The summed E-state index contributed by atoms with van der Waals surface area (Å²) in [6.07, 6.45) is 0. The highest BCUT2D eigenvalue weighted by Crippen LogP contribution is 2.29. The maximum absolute atomic E-state index is 13.4. The van der Waals surface area contributed by atoms with Crippen molar-refractivity contribution in [2.45, 2.75) is 10.6 Å². The van der Waals surface area contributed by atoms with E-state index in [9.17, 15) is 8.78 Å². The zero-order valence-electron chi connectivity index (χ0n) is 9.29. The molecule has 1 nitrogen and oxygen atoms in total. The van der Waals surface area contributed by atoms with Gasteiger partial charge in [-0.2, -0.15) is 0 Å². The van der Waals surface area contributed by atoms with Crippen LogP contribution in [-0.4, -0.2) is 0 Å². The molecule has 0 saturated carbocycles. The smallest absolute Gasteiger partial charge is 0.162 e. The number of thioether (sulfide) groups is 1. The van der Waals surface area contributed by atoms with Crippen molar-refractivity contribution in [3.63, 3.8) is 0 Å². The first-order valence-corrected chi connectivity index (χ1v) is 6.55. The van der Waals surface area contributed by atoms with Gasteiger partial charge in [0.2, 0.25) is 0 Å². The molecule has 2 N–H and O–H groups in total. The maximum Gasteiger partial charge on any atom is 0.162 e. The van der Waals surface area contributed by atoms with E-state index in [0.717, 1.165) is 11.0 Å². The van der Waals surface area contributed by atoms with Crippen molar-refractivity contribution in [2.24, 2.45) is 0 Å². The second kappa shape index (κ2) is 5.59. The van der Waals surface area contributed by atoms with Crippen LogP contribution in [0.5, 0.6) is 0 Å². The molecule has 0 aromatic heterocycles. The zero-order chi connectivity index (χ0) is 13.1. The molecular formula is C13H10ClF2NS. The van der Waals surface area contributed by atoms with Gasteiger partial charge in [0.15, 0.2) is 11.6 Å². The fourth-order valence-electron chi connectivity index (χ4n) is 1.42. The third-order valence-electron chi connectivity index (χ3n) is 2.40. The summed E-state index contributed by atoms with van der Waals surface area (Å²) in [4.78, 5) is 0.859. The maximum atomic E-state index is 13.4. The Morgan fingerprint density at radius 3 is 2.67 bits per heavy atom. The number of anilines is 1. The summed E-state index contributed by atoms with van der Waals surface area (Å²) in [6.45, 7) is 0. The standard InChI is InChI=1S/C13H10ClF2NS/c14-10-6-9(4-5-12(10)17)18-7-8-2-1-3-11(15)13(8)16/h1-6H,7,17H2. The lowest BCUT2D eigenvalue weighted by Gasteiger charge is -2.05. The molecule has 2 aromatic carbocycles. The second-order valence-corrected chi connectivity index (χ2v) is 5.14. The molecule has 18 heavy (non-hydrogen) atoms. The highest BCUT2D eigenvalue weighted by atomic mass is 35.5. The van der Waals surface area contributed by atoms with Gasteiger partial charge in [0.05, 0.1) is 10.7 Å². The SMILES string of the molecule is Nc1ccc(SCc2cccc(F)c2F)cc1Cl. The van der Waals surface area contributed by atoms with Crippen LogP contribution in [-0.2, 0) is 5.75 Å². The van der Waals surface area contributed by atoms with Crippen molar-refractivity contribution < 1.29 is 8.78 Å². The molecular weight excluding hydrogens is 276 g/mol. The molecule has 0 bridgehead atoms. The van der Waals surface area contributed by atoms with Crippen LogP contribution in [0.25, 0.3) is 0 Å². The lowest BCUT2D eigenvalue weighted by molar-refractivity contribution is 0.502. The molecule has 0 fully saturated rings. The average Bonchev–Trinajstić information content (AvgIpc) is 2.35. The third-order valence-corrected chi connectivity index (χ3v) is 3.77. The molecule has 0 aliphatic carbocycles. The van der Waals surface area contributed by atoms with Gasteiger partial charge in [0.25, 0.3) is 0 Å². The Kier molecular flexibility index (Phi) is 4.09. The van der Waals surface area contributed by atoms with Crippen molar-refractivity contribution in [3.05, 3.63) is 58.6 Å². The van der Waals surface area contributed by atoms with Crippen LogP contribution in [0.1, 0.15) is 5.56 Å². The number of nitrogen functional groups attached to an aromatic ring is 1. The molecule has 94 valence electrons. The van der Waals surface area contributed by atoms with Gasteiger partial charge < -0.3 is 5.73 Å². The van der Waals surface area contributed by atoms with Crippen molar-refractivity contribution in [1.29, 1.82) is 0 Å². The largest absolute Gasteiger partial charge is 0.398 e. The molecule has 0 unspecified atom stereocenters. The van der Waals surface area contributed by atoms with Gasteiger partial charge in [0, 0.05) is 16.2 Å². The number of benzene rings is 2. The van der Waals surface area contributed by atoms with E-state index in [1.165, 1.54) is 17.8 Å². The summed E-state index contributed by atoms with van der Waals surface area (Å²) in [6, 6.07) is 9.34. The predicted octanol–water partition coefficient (Wildman–Crippen LogP) is 4.49. The predicted molar refractivity (Wildman–Crippen MR) is 71.8 cm³/mol. The molecule has 2 rings (SSSR count). The van der Waals surface area contributed by atoms with E-state index in [-0.39, 0.29) is 0 Å². The Morgan fingerprint density at radius 1 is 1.17 bits per heavy atom. The van der Waals surface area contributed by atoms with E-state index in [1.54, 1.807) is 24.3 Å². The molecule has 0 atom stereocenters. The van der Waals surface area contributed by atoms with Gasteiger partial charge in [-0.3, -0.25) is 0 Å². The Bertz CT molecular complexity index is 575. The summed E-state index contributed by atoms with van der Waals surface area (Å²) in [7, 11) is 0. The number of hydrogen-bond donors (Lipinski definition) is 1. The van der Waals surface area contributed by atoms with Crippen molar-refractivity contribution in [2.75, 3.05) is 5.73 Å².